The number of carbonyl (C=O) groups excluding carboxylic acids is 1. The maximum absolute atomic E-state index is 12.7. The molecule has 1 amide bonds. The van der Waals surface area contributed by atoms with E-state index in [1.54, 1.807) is 6.07 Å². The van der Waals surface area contributed by atoms with Crippen molar-refractivity contribution >= 4 is 5.91 Å². The first-order chi connectivity index (χ1) is 6.42. The fourth-order valence-electron chi connectivity index (χ4n) is 1.13. The van der Waals surface area contributed by atoms with E-state index in [1.807, 2.05) is 0 Å². The zero-order chi connectivity index (χ0) is 10.8. The second-order valence-corrected chi connectivity index (χ2v) is 3.44. The first-order valence-corrected chi connectivity index (χ1v) is 4.18. The number of rotatable bonds is 3. The van der Waals surface area contributed by atoms with Crippen LogP contribution in [0.15, 0.2) is 24.3 Å². The number of nitrogens with two attached hydrogens (primary N) is 1. The van der Waals surface area contributed by atoms with Gasteiger partial charge in [0.1, 0.15) is 11.4 Å². The molecule has 0 aliphatic carbocycles. The van der Waals surface area contributed by atoms with Gasteiger partial charge in [-0.25, -0.2) is 4.39 Å². The normalized spacial score (nSPS) is 14.8. The zero-order valence-electron chi connectivity index (χ0n) is 7.83. The van der Waals surface area contributed by atoms with Gasteiger partial charge in [0, 0.05) is 6.42 Å². The van der Waals surface area contributed by atoms with Crippen LogP contribution in [0.4, 0.5) is 4.39 Å². The van der Waals surface area contributed by atoms with Crippen molar-refractivity contribution in [3.8, 4) is 0 Å². The largest absolute Gasteiger partial charge is 0.380 e. The second kappa shape index (κ2) is 3.75. The highest BCUT2D eigenvalue weighted by Gasteiger charge is 2.27. The molecule has 14 heavy (non-hydrogen) atoms. The van der Waals surface area contributed by atoms with Crippen molar-refractivity contribution in [2.24, 2.45) is 5.73 Å². The van der Waals surface area contributed by atoms with Crippen LogP contribution in [0.5, 0.6) is 0 Å². The Morgan fingerprint density at radius 3 is 2.79 bits per heavy atom. The summed E-state index contributed by atoms with van der Waals surface area (Å²) in [5.74, 6) is -1.22. The number of halogens is 1. The summed E-state index contributed by atoms with van der Waals surface area (Å²) >= 11 is 0. The van der Waals surface area contributed by atoms with Gasteiger partial charge >= 0.3 is 0 Å². The van der Waals surface area contributed by atoms with Crippen LogP contribution >= 0.6 is 0 Å². The number of hydrogen-bond acceptors (Lipinski definition) is 2. The molecule has 76 valence electrons. The molecule has 1 rings (SSSR count). The molecule has 0 aliphatic rings. The Balaban J connectivity index is 2.83. The Morgan fingerprint density at radius 1 is 1.64 bits per heavy atom. The number of hydrogen-bond donors (Lipinski definition) is 2. The minimum Gasteiger partial charge on any atom is -0.380 e. The molecule has 4 heteroatoms. The molecule has 0 bridgehead atoms. The molecule has 1 unspecified atom stereocenters. The molecule has 3 N–H and O–H groups in total. The van der Waals surface area contributed by atoms with Gasteiger partial charge in [0.05, 0.1) is 0 Å². The van der Waals surface area contributed by atoms with Crippen LogP contribution in [0.3, 0.4) is 0 Å². The van der Waals surface area contributed by atoms with E-state index in [1.165, 1.54) is 25.1 Å². The molecule has 0 radical (unpaired) electrons. The van der Waals surface area contributed by atoms with Gasteiger partial charge in [0.15, 0.2) is 0 Å². The van der Waals surface area contributed by atoms with Crippen molar-refractivity contribution in [2.75, 3.05) is 0 Å². The van der Waals surface area contributed by atoms with Crippen LogP contribution in [0.1, 0.15) is 12.5 Å². The zero-order valence-corrected chi connectivity index (χ0v) is 7.83. The average molecular weight is 197 g/mol. The highest BCUT2D eigenvalue weighted by atomic mass is 19.1. The number of amides is 1. The number of carbonyl (C=O) groups is 1. The lowest BCUT2D eigenvalue weighted by Gasteiger charge is -2.18. The Hall–Kier alpha value is -1.42. The van der Waals surface area contributed by atoms with Gasteiger partial charge in [-0.05, 0) is 24.6 Å². The predicted molar refractivity (Wildman–Crippen MR) is 49.9 cm³/mol. The summed E-state index contributed by atoms with van der Waals surface area (Å²) in [5.41, 5.74) is 3.88. The van der Waals surface area contributed by atoms with Crippen LogP contribution in [0.25, 0.3) is 0 Å². The summed E-state index contributed by atoms with van der Waals surface area (Å²) < 4.78 is 12.7. The van der Waals surface area contributed by atoms with Gasteiger partial charge < -0.3 is 10.8 Å². The van der Waals surface area contributed by atoms with Crippen molar-refractivity contribution in [1.29, 1.82) is 0 Å². The standard InChI is InChI=1S/C10H12FNO2/c1-10(14,9(12)13)6-7-3-2-4-8(11)5-7/h2-5,14H,6H2,1H3,(H2,12,13). The summed E-state index contributed by atoms with van der Waals surface area (Å²) in [7, 11) is 0. The monoisotopic (exact) mass is 197 g/mol. The van der Waals surface area contributed by atoms with Crippen LogP contribution < -0.4 is 5.73 Å². The van der Waals surface area contributed by atoms with Gasteiger partial charge in [-0.3, -0.25) is 4.79 Å². The molecule has 0 aliphatic heterocycles. The maximum atomic E-state index is 12.7. The molecule has 0 aromatic heterocycles. The van der Waals surface area contributed by atoms with Crippen LogP contribution in [-0.4, -0.2) is 16.6 Å². The lowest BCUT2D eigenvalue weighted by atomic mass is 9.96. The minimum absolute atomic E-state index is 0.0140. The van der Waals surface area contributed by atoms with Crippen LogP contribution in [-0.2, 0) is 11.2 Å². The lowest BCUT2D eigenvalue weighted by Crippen LogP contribution is -2.42. The number of primary amides is 1. The van der Waals surface area contributed by atoms with E-state index in [0.29, 0.717) is 5.56 Å². The van der Waals surface area contributed by atoms with E-state index >= 15 is 0 Å². The molecule has 0 spiro atoms. The molecule has 0 saturated carbocycles. The van der Waals surface area contributed by atoms with Crippen molar-refractivity contribution in [1.82, 2.24) is 0 Å². The topological polar surface area (TPSA) is 63.3 Å². The third-order valence-electron chi connectivity index (χ3n) is 1.97. The molecule has 1 aromatic rings. The first kappa shape index (κ1) is 10.7. The number of aliphatic hydroxyl groups is 1. The van der Waals surface area contributed by atoms with Gasteiger partial charge in [0.25, 0.3) is 0 Å². The Labute approximate surface area is 81.4 Å². The predicted octanol–water partition coefficient (Wildman–Crippen LogP) is 0.605. The van der Waals surface area contributed by atoms with E-state index in [2.05, 4.69) is 0 Å². The summed E-state index contributed by atoms with van der Waals surface area (Å²) in [5, 5.41) is 9.54. The van der Waals surface area contributed by atoms with Crippen molar-refractivity contribution in [3.05, 3.63) is 35.6 Å². The Bertz CT molecular complexity index is 350. The molecule has 3 nitrogen and oxygen atoms in total. The highest BCUT2D eigenvalue weighted by molar-refractivity contribution is 5.82. The summed E-state index contributed by atoms with van der Waals surface area (Å²) in [4.78, 5) is 10.8. The summed E-state index contributed by atoms with van der Waals surface area (Å²) in [6.07, 6.45) is 0.0140. The minimum atomic E-state index is -1.63. The van der Waals surface area contributed by atoms with Gasteiger partial charge in [-0.15, -0.1) is 0 Å². The highest BCUT2D eigenvalue weighted by Crippen LogP contribution is 2.13. The smallest absolute Gasteiger partial charge is 0.249 e. The molecule has 0 heterocycles. The second-order valence-electron chi connectivity index (χ2n) is 3.44. The SMILES string of the molecule is CC(O)(Cc1cccc(F)c1)C(N)=O. The fourth-order valence-corrected chi connectivity index (χ4v) is 1.13. The van der Waals surface area contributed by atoms with Crippen molar-refractivity contribution < 1.29 is 14.3 Å². The Kier molecular flexibility index (Phi) is 2.86. The quantitative estimate of drug-likeness (QED) is 0.745. The lowest BCUT2D eigenvalue weighted by molar-refractivity contribution is -0.134. The van der Waals surface area contributed by atoms with E-state index in [-0.39, 0.29) is 6.42 Å². The van der Waals surface area contributed by atoms with Crippen LogP contribution in [0, 0.1) is 5.82 Å². The third kappa shape index (κ3) is 2.53. The van der Waals surface area contributed by atoms with E-state index < -0.39 is 17.3 Å². The molecule has 1 atom stereocenters. The molecular formula is C10H12FNO2. The summed E-state index contributed by atoms with van der Waals surface area (Å²) in [6.45, 7) is 1.31. The first-order valence-electron chi connectivity index (χ1n) is 4.18. The van der Waals surface area contributed by atoms with E-state index in [4.69, 9.17) is 5.73 Å². The maximum Gasteiger partial charge on any atom is 0.249 e. The Morgan fingerprint density at radius 2 is 2.29 bits per heavy atom. The summed E-state index contributed by atoms with van der Waals surface area (Å²) in [6, 6.07) is 5.70. The van der Waals surface area contributed by atoms with E-state index in [0.717, 1.165) is 0 Å². The third-order valence-corrected chi connectivity index (χ3v) is 1.97. The van der Waals surface area contributed by atoms with Gasteiger partial charge in [-0.1, -0.05) is 12.1 Å². The van der Waals surface area contributed by atoms with Crippen molar-refractivity contribution in [3.63, 3.8) is 0 Å². The van der Waals surface area contributed by atoms with Crippen LogP contribution in [0.2, 0.25) is 0 Å². The van der Waals surface area contributed by atoms with Crippen molar-refractivity contribution in [2.45, 2.75) is 18.9 Å². The number of benzene rings is 1. The average Bonchev–Trinajstić information content (AvgIpc) is 2.02. The molecule has 0 fully saturated rings. The molecule has 1 aromatic carbocycles. The van der Waals surface area contributed by atoms with Gasteiger partial charge in [-0.2, -0.15) is 0 Å². The molecule has 0 saturated heterocycles. The van der Waals surface area contributed by atoms with E-state index in [9.17, 15) is 14.3 Å². The fraction of sp³-hybridized carbons (Fsp3) is 0.300. The molecular weight excluding hydrogens is 185 g/mol. The van der Waals surface area contributed by atoms with Gasteiger partial charge in [0.2, 0.25) is 5.91 Å².